The van der Waals surface area contributed by atoms with E-state index in [0.29, 0.717) is 18.7 Å². The fourth-order valence-electron chi connectivity index (χ4n) is 2.84. The average molecular weight is 314 g/mol. The first-order valence-electron chi connectivity index (χ1n) is 8.06. The molecule has 2 aromatic rings. The van der Waals surface area contributed by atoms with Gasteiger partial charge in [0.2, 0.25) is 0 Å². The number of nitrogens with zero attached hydrogens (tertiary/aromatic N) is 4. The summed E-state index contributed by atoms with van der Waals surface area (Å²) in [4.78, 5) is 14.3. The van der Waals surface area contributed by atoms with Crippen molar-refractivity contribution in [2.24, 2.45) is 0 Å². The number of benzene rings is 1. The summed E-state index contributed by atoms with van der Waals surface area (Å²) in [6.45, 7) is 3.35. The van der Waals surface area contributed by atoms with Gasteiger partial charge >= 0.3 is 0 Å². The molecule has 1 amide bonds. The first-order chi connectivity index (χ1) is 11.2. The van der Waals surface area contributed by atoms with Crippen molar-refractivity contribution in [1.29, 1.82) is 0 Å². The topological polar surface area (TPSA) is 60.2 Å². The van der Waals surface area contributed by atoms with Crippen LogP contribution in [0.15, 0.2) is 30.3 Å². The molecule has 0 bridgehead atoms. The number of carbonyl (C=O) groups excluding carboxylic acids is 1. The number of aromatic nitrogens is 3. The smallest absolute Gasteiger partial charge is 0.263 e. The Kier molecular flexibility index (Phi) is 4.60. The van der Waals surface area contributed by atoms with E-state index in [-0.39, 0.29) is 5.91 Å². The van der Waals surface area contributed by atoms with Crippen molar-refractivity contribution in [3.8, 4) is 5.75 Å². The number of rotatable bonds is 6. The standard InChI is InChI=1S/C17H22N4O2/c1-3-14(23-13-8-5-4-6-9-13)17(22)20(2)12-16-19-18-15-10-7-11-21(15)16/h4-6,8-9,14H,3,7,10-12H2,1-2H3/t14-/m0/s1. The number of likely N-dealkylation sites (N-methyl/N-ethyl adjacent to an activating group) is 1. The molecule has 6 heteroatoms. The molecule has 0 fully saturated rings. The highest BCUT2D eigenvalue weighted by Gasteiger charge is 2.25. The molecule has 1 aliphatic rings. The van der Waals surface area contributed by atoms with Crippen LogP contribution in [0.1, 0.15) is 31.4 Å². The lowest BCUT2D eigenvalue weighted by molar-refractivity contribution is -0.138. The van der Waals surface area contributed by atoms with Crippen LogP contribution in [0.2, 0.25) is 0 Å². The van der Waals surface area contributed by atoms with E-state index in [0.717, 1.165) is 31.0 Å². The summed E-state index contributed by atoms with van der Waals surface area (Å²) in [5.41, 5.74) is 0. The van der Waals surface area contributed by atoms with Crippen molar-refractivity contribution in [2.45, 2.75) is 45.4 Å². The highest BCUT2D eigenvalue weighted by atomic mass is 16.5. The van der Waals surface area contributed by atoms with Gasteiger partial charge in [0, 0.05) is 20.0 Å². The molecule has 0 unspecified atom stereocenters. The van der Waals surface area contributed by atoms with Gasteiger partial charge in [0.05, 0.1) is 6.54 Å². The highest BCUT2D eigenvalue weighted by molar-refractivity contribution is 5.80. The maximum atomic E-state index is 12.6. The molecular formula is C17H22N4O2. The van der Waals surface area contributed by atoms with Gasteiger partial charge in [0.15, 0.2) is 11.9 Å². The quantitative estimate of drug-likeness (QED) is 0.818. The zero-order valence-electron chi connectivity index (χ0n) is 13.6. The van der Waals surface area contributed by atoms with Gasteiger partial charge in [-0.05, 0) is 25.0 Å². The number of hydrogen-bond donors (Lipinski definition) is 0. The number of hydrogen-bond acceptors (Lipinski definition) is 4. The van der Waals surface area contributed by atoms with E-state index in [1.165, 1.54) is 0 Å². The number of fused-ring (bicyclic) bond motifs is 1. The molecule has 0 saturated carbocycles. The third kappa shape index (κ3) is 3.36. The van der Waals surface area contributed by atoms with E-state index in [1.807, 2.05) is 37.3 Å². The predicted molar refractivity (Wildman–Crippen MR) is 86.0 cm³/mol. The Morgan fingerprint density at radius 1 is 1.35 bits per heavy atom. The summed E-state index contributed by atoms with van der Waals surface area (Å²) in [6, 6.07) is 9.45. The normalized spacial score (nSPS) is 14.3. The van der Waals surface area contributed by atoms with Crippen LogP contribution in [0.25, 0.3) is 0 Å². The second-order valence-electron chi connectivity index (χ2n) is 5.81. The van der Waals surface area contributed by atoms with Gasteiger partial charge in [0.25, 0.3) is 5.91 Å². The lowest BCUT2D eigenvalue weighted by Crippen LogP contribution is -2.39. The summed E-state index contributed by atoms with van der Waals surface area (Å²) in [7, 11) is 1.79. The van der Waals surface area contributed by atoms with Gasteiger partial charge in [-0.3, -0.25) is 4.79 Å². The number of amides is 1. The minimum absolute atomic E-state index is 0.0355. The Labute approximate surface area is 136 Å². The summed E-state index contributed by atoms with van der Waals surface area (Å²) >= 11 is 0. The fourth-order valence-corrected chi connectivity index (χ4v) is 2.84. The van der Waals surface area contributed by atoms with E-state index >= 15 is 0 Å². The van der Waals surface area contributed by atoms with Crippen molar-refractivity contribution in [3.05, 3.63) is 42.0 Å². The van der Waals surface area contributed by atoms with Crippen LogP contribution >= 0.6 is 0 Å². The van der Waals surface area contributed by atoms with Crippen LogP contribution in [0.4, 0.5) is 0 Å². The first-order valence-corrected chi connectivity index (χ1v) is 8.06. The molecule has 3 rings (SSSR count). The number of ether oxygens (including phenoxy) is 1. The lowest BCUT2D eigenvalue weighted by atomic mass is 10.2. The molecule has 1 aromatic heterocycles. The van der Waals surface area contributed by atoms with Gasteiger partial charge in [0.1, 0.15) is 11.6 Å². The molecule has 1 atom stereocenters. The second kappa shape index (κ2) is 6.81. The maximum Gasteiger partial charge on any atom is 0.263 e. The summed E-state index contributed by atoms with van der Waals surface area (Å²) < 4.78 is 7.94. The number of carbonyl (C=O) groups is 1. The summed E-state index contributed by atoms with van der Waals surface area (Å²) in [5.74, 6) is 2.55. The molecule has 0 N–H and O–H groups in total. The van der Waals surface area contributed by atoms with E-state index in [1.54, 1.807) is 11.9 Å². The average Bonchev–Trinajstić information content (AvgIpc) is 3.18. The lowest BCUT2D eigenvalue weighted by Gasteiger charge is -2.23. The van der Waals surface area contributed by atoms with Crippen molar-refractivity contribution in [2.75, 3.05) is 7.05 Å². The zero-order chi connectivity index (χ0) is 16.2. The van der Waals surface area contributed by atoms with Crippen molar-refractivity contribution >= 4 is 5.91 Å². The Bertz CT molecular complexity index is 668. The predicted octanol–water partition coefficient (Wildman–Crippen LogP) is 2.04. The second-order valence-corrected chi connectivity index (χ2v) is 5.81. The number of aryl methyl sites for hydroxylation is 1. The Balaban J connectivity index is 1.65. The molecule has 2 heterocycles. The van der Waals surface area contributed by atoms with Gasteiger partial charge in [-0.15, -0.1) is 10.2 Å². The van der Waals surface area contributed by atoms with Gasteiger partial charge < -0.3 is 14.2 Å². The minimum atomic E-state index is -0.483. The Morgan fingerprint density at radius 3 is 2.87 bits per heavy atom. The van der Waals surface area contributed by atoms with Crippen molar-refractivity contribution in [1.82, 2.24) is 19.7 Å². The van der Waals surface area contributed by atoms with Crippen LogP contribution in [0.5, 0.6) is 5.75 Å². The first kappa shape index (κ1) is 15.5. The number of para-hydroxylation sites is 1. The van der Waals surface area contributed by atoms with E-state index in [9.17, 15) is 4.79 Å². The van der Waals surface area contributed by atoms with Crippen LogP contribution < -0.4 is 4.74 Å². The molecule has 0 saturated heterocycles. The SMILES string of the molecule is CC[C@H](Oc1ccccc1)C(=O)N(C)Cc1nnc2n1CCC2. The molecule has 0 aliphatic carbocycles. The van der Waals surface area contributed by atoms with E-state index in [4.69, 9.17) is 4.74 Å². The van der Waals surface area contributed by atoms with Crippen LogP contribution in [0.3, 0.4) is 0 Å². The largest absolute Gasteiger partial charge is 0.481 e. The molecule has 122 valence electrons. The zero-order valence-corrected chi connectivity index (χ0v) is 13.6. The fraction of sp³-hybridized carbons (Fsp3) is 0.471. The van der Waals surface area contributed by atoms with Crippen molar-refractivity contribution in [3.63, 3.8) is 0 Å². The van der Waals surface area contributed by atoms with Crippen LogP contribution in [0, 0.1) is 0 Å². The molecule has 6 nitrogen and oxygen atoms in total. The molecule has 0 spiro atoms. The molecule has 23 heavy (non-hydrogen) atoms. The van der Waals surface area contributed by atoms with E-state index < -0.39 is 6.10 Å². The van der Waals surface area contributed by atoms with Crippen LogP contribution in [-0.4, -0.2) is 38.7 Å². The monoisotopic (exact) mass is 314 g/mol. The molecule has 1 aliphatic heterocycles. The third-order valence-corrected chi connectivity index (χ3v) is 4.11. The third-order valence-electron chi connectivity index (χ3n) is 4.11. The highest BCUT2D eigenvalue weighted by Crippen LogP contribution is 2.17. The minimum Gasteiger partial charge on any atom is -0.481 e. The maximum absolute atomic E-state index is 12.6. The van der Waals surface area contributed by atoms with Gasteiger partial charge in [-0.25, -0.2) is 0 Å². The molecular weight excluding hydrogens is 292 g/mol. The van der Waals surface area contributed by atoms with Crippen molar-refractivity contribution < 1.29 is 9.53 Å². The Hall–Kier alpha value is -2.37. The van der Waals surface area contributed by atoms with Crippen LogP contribution in [-0.2, 0) is 24.3 Å². The van der Waals surface area contributed by atoms with Gasteiger partial charge in [-0.2, -0.15) is 0 Å². The van der Waals surface area contributed by atoms with Gasteiger partial charge in [-0.1, -0.05) is 25.1 Å². The Morgan fingerprint density at radius 2 is 2.13 bits per heavy atom. The molecule has 0 radical (unpaired) electrons. The molecule has 1 aromatic carbocycles. The van der Waals surface area contributed by atoms with E-state index in [2.05, 4.69) is 14.8 Å². The summed E-state index contributed by atoms with van der Waals surface area (Å²) in [5, 5.41) is 8.39. The summed E-state index contributed by atoms with van der Waals surface area (Å²) in [6.07, 6.45) is 2.21.